The number of allylic oxidation sites excluding steroid dienone is 1. The largest absolute Gasteiger partial charge is 0.485 e. The molecular formula is C28H34N4O4S2. The third kappa shape index (κ3) is 6.66. The van der Waals surface area contributed by atoms with Gasteiger partial charge in [-0.25, -0.2) is 4.79 Å². The number of ether oxygens (including phenoxy) is 2. The molecule has 8 nitrogen and oxygen atoms in total. The van der Waals surface area contributed by atoms with E-state index in [0.717, 1.165) is 47.4 Å². The third-order valence-corrected chi connectivity index (χ3v) is 8.27. The van der Waals surface area contributed by atoms with Crippen LogP contribution in [0.25, 0.3) is 0 Å². The molecule has 0 bridgehead atoms. The Hall–Kier alpha value is -3.11. The Bertz CT molecular complexity index is 1330. The molecule has 1 N–H and O–H groups in total. The number of nitrogens with one attached hydrogen (secondary N) is 1. The standard InChI is InChI=1S/C28H34N4O4S2/c1-6-13-32-23(15-35-21-12-11-18(4)14-19(21)5)30-31-28(32)37-16-24(33)29-26-25(27(34)36-17(2)3)20-9-7-8-10-22(20)38-26/h6,11-12,14,17H,1,7-10,13,15-16H2,2-5H3,(H,29,33). The number of carbonyl (C=O) groups excluding carboxylic acids is 2. The summed E-state index contributed by atoms with van der Waals surface area (Å²) in [5, 5.41) is 12.7. The lowest BCUT2D eigenvalue weighted by molar-refractivity contribution is -0.113. The summed E-state index contributed by atoms with van der Waals surface area (Å²) >= 11 is 2.77. The van der Waals surface area contributed by atoms with Gasteiger partial charge < -0.3 is 14.8 Å². The molecule has 1 aliphatic rings. The maximum atomic E-state index is 13.0. The summed E-state index contributed by atoms with van der Waals surface area (Å²) in [6.45, 7) is 12.3. The predicted octanol–water partition coefficient (Wildman–Crippen LogP) is 5.90. The average Bonchev–Trinajstić information content (AvgIpc) is 3.42. The number of fused-ring (bicyclic) bond motifs is 1. The van der Waals surface area contributed by atoms with Crippen molar-refractivity contribution in [3.05, 3.63) is 63.8 Å². The fourth-order valence-electron chi connectivity index (χ4n) is 4.38. The lowest BCUT2D eigenvalue weighted by atomic mass is 9.95. The van der Waals surface area contributed by atoms with Crippen molar-refractivity contribution < 1.29 is 19.1 Å². The molecule has 10 heteroatoms. The normalized spacial score (nSPS) is 12.8. The SMILES string of the molecule is C=CCn1c(COc2ccc(C)cc2C)nnc1SCC(=O)Nc1sc2c(c1C(=O)OC(C)C)CCCC2. The Balaban J connectivity index is 1.43. The number of anilines is 1. The van der Waals surface area contributed by atoms with Crippen LogP contribution >= 0.6 is 23.1 Å². The fraction of sp³-hybridized carbons (Fsp3) is 0.429. The number of benzene rings is 1. The van der Waals surface area contributed by atoms with Gasteiger partial charge in [0.15, 0.2) is 11.0 Å². The highest BCUT2D eigenvalue weighted by Gasteiger charge is 2.28. The molecule has 0 spiro atoms. The molecular weight excluding hydrogens is 520 g/mol. The second-order valence-electron chi connectivity index (χ2n) is 9.56. The molecule has 1 aliphatic carbocycles. The highest BCUT2D eigenvalue weighted by atomic mass is 32.2. The first-order valence-corrected chi connectivity index (χ1v) is 14.6. The first-order chi connectivity index (χ1) is 18.3. The summed E-state index contributed by atoms with van der Waals surface area (Å²) in [7, 11) is 0. The number of nitrogens with zero attached hydrogens (tertiary/aromatic N) is 3. The monoisotopic (exact) mass is 554 g/mol. The quantitative estimate of drug-likeness (QED) is 0.179. The Morgan fingerprint density at radius 2 is 2.03 bits per heavy atom. The molecule has 2 heterocycles. The number of aromatic nitrogens is 3. The molecule has 4 rings (SSSR count). The van der Waals surface area contributed by atoms with Crippen molar-refractivity contribution in [1.29, 1.82) is 0 Å². The van der Waals surface area contributed by atoms with E-state index in [1.54, 1.807) is 6.08 Å². The molecule has 3 aromatic rings. The van der Waals surface area contributed by atoms with Gasteiger partial charge in [0, 0.05) is 11.4 Å². The van der Waals surface area contributed by atoms with E-state index in [1.165, 1.54) is 28.7 Å². The zero-order valence-electron chi connectivity index (χ0n) is 22.3. The van der Waals surface area contributed by atoms with Crippen LogP contribution in [0.2, 0.25) is 0 Å². The van der Waals surface area contributed by atoms with Gasteiger partial charge in [-0.3, -0.25) is 9.36 Å². The number of rotatable bonds is 11. The molecule has 0 saturated heterocycles. The number of hydrogen-bond acceptors (Lipinski definition) is 8. The van der Waals surface area contributed by atoms with Gasteiger partial charge in [0.25, 0.3) is 0 Å². The highest BCUT2D eigenvalue weighted by Crippen LogP contribution is 2.39. The van der Waals surface area contributed by atoms with E-state index in [0.29, 0.717) is 28.1 Å². The molecule has 1 amide bonds. The van der Waals surface area contributed by atoms with Crippen LogP contribution in [0.4, 0.5) is 5.00 Å². The predicted molar refractivity (Wildman–Crippen MR) is 151 cm³/mol. The molecule has 0 radical (unpaired) electrons. The van der Waals surface area contributed by atoms with Crippen molar-refractivity contribution in [1.82, 2.24) is 14.8 Å². The van der Waals surface area contributed by atoms with Crippen molar-refractivity contribution >= 4 is 40.0 Å². The second-order valence-corrected chi connectivity index (χ2v) is 11.6. The number of esters is 1. The van der Waals surface area contributed by atoms with Crippen LogP contribution in [0, 0.1) is 13.8 Å². The summed E-state index contributed by atoms with van der Waals surface area (Å²) in [6, 6.07) is 6.03. The van der Waals surface area contributed by atoms with Crippen molar-refractivity contribution in [2.45, 2.75) is 77.8 Å². The maximum absolute atomic E-state index is 13.0. The van der Waals surface area contributed by atoms with E-state index in [1.807, 2.05) is 44.4 Å². The fourth-order valence-corrected chi connectivity index (χ4v) is 6.44. The van der Waals surface area contributed by atoms with Crippen LogP contribution in [0.15, 0.2) is 36.0 Å². The van der Waals surface area contributed by atoms with Gasteiger partial charge in [-0.15, -0.1) is 28.1 Å². The zero-order chi connectivity index (χ0) is 27.2. The highest BCUT2D eigenvalue weighted by molar-refractivity contribution is 7.99. The molecule has 1 aromatic carbocycles. The van der Waals surface area contributed by atoms with Crippen molar-refractivity contribution in [2.24, 2.45) is 0 Å². The Morgan fingerprint density at radius 1 is 1.24 bits per heavy atom. The summed E-state index contributed by atoms with van der Waals surface area (Å²) in [6.07, 6.45) is 5.40. The second kappa shape index (κ2) is 12.6. The average molecular weight is 555 g/mol. The zero-order valence-corrected chi connectivity index (χ0v) is 24.0. The Morgan fingerprint density at radius 3 is 2.76 bits per heavy atom. The Labute approximate surface area is 231 Å². The molecule has 0 atom stereocenters. The molecule has 0 saturated carbocycles. The Kier molecular flexibility index (Phi) is 9.27. The molecule has 0 unspecified atom stereocenters. The molecule has 2 aromatic heterocycles. The first kappa shape index (κ1) is 27.9. The van der Waals surface area contributed by atoms with Crippen molar-refractivity contribution in [3.63, 3.8) is 0 Å². The van der Waals surface area contributed by atoms with Crippen LogP contribution in [0.5, 0.6) is 5.75 Å². The van der Waals surface area contributed by atoms with Crippen LogP contribution in [-0.4, -0.2) is 38.5 Å². The number of aryl methyl sites for hydroxylation is 3. The summed E-state index contributed by atoms with van der Waals surface area (Å²) in [5.74, 6) is 0.976. The summed E-state index contributed by atoms with van der Waals surface area (Å²) in [5.41, 5.74) is 3.76. The van der Waals surface area contributed by atoms with Gasteiger partial charge in [-0.2, -0.15) is 0 Å². The molecule has 0 aliphatic heterocycles. The smallest absolute Gasteiger partial charge is 0.341 e. The van der Waals surface area contributed by atoms with Crippen molar-refractivity contribution in [2.75, 3.05) is 11.1 Å². The number of hydrogen-bond donors (Lipinski definition) is 1. The third-order valence-electron chi connectivity index (χ3n) is 6.10. The van der Waals surface area contributed by atoms with Crippen LogP contribution < -0.4 is 10.1 Å². The van der Waals surface area contributed by atoms with E-state index < -0.39 is 0 Å². The van der Waals surface area contributed by atoms with E-state index >= 15 is 0 Å². The number of thioether (sulfide) groups is 1. The number of carbonyl (C=O) groups is 2. The topological polar surface area (TPSA) is 95.3 Å². The lowest BCUT2D eigenvalue weighted by Crippen LogP contribution is -2.19. The van der Waals surface area contributed by atoms with Crippen molar-refractivity contribution in [3.8, 4) is 5.75 Å². The minimum atomic E-state index is -0.374. The number of thiophene rings is 1. The minimum absolute atomic E-state index is 0.119. The molecule has 38 heavy (non-hydrogen) atoms. The summed E-state index contributed by atoms with van der Waals surface area (Å²) < 4.78 is 13.4. The minimum Gasteiger partial charge on any atom is -0.485 e. The van der Waals surface area contributed by atoms with Crippen LogP contribution in [0.3, 0.4) is 0 Å². The molecule has 202 valence electrons. The number of amides is 1. The van der Waals surface area contributed by atoms with Crippen LogP contribution in [-0.2, 0) is 35.5 Å². The van der Waals surface area contributed by atoms with Gasteiger partial charge in [-0.1, -0.05) is 35.5 Å². The van der Waals surface area contributed by atoms with Gasteiger partial charge >= 0.3 is 5.97 Å². The summed E-state index contributed by atoms with van der Waals surface area (Å²) in [4.78, 5) is 27.0. The van der Waals surface area contributed by atoms with E-state index in [4.69, 9.17) is 9.47 Å². The lowest BCUT2D eigenvalue weighted by Gasteiger charge is -2.14. The first-order valence-electron chi connectivity index (χ1n) is 12.8. The maximum Gasteiger partial charge on any atom is 0.341 e. The molecule has 0 fully saturated rings. The van der Waals surface area contributed by atoms with Crippen LogP contribution in [0.1, 0.15) is 64.4 Å². The van der Waals surface area contributed by atoms with Gasteiger partial charge in [-0.05, 0) is 70.6 Å². The van der Waals surface area contributed by atoms with E-state index in [-0.39, 0.29) is 30.3 Å². The van der Waals surface area contributed by atoms with Gasteiger partial charge in [0.2, 0.25) is 5.91 Å². The van der Waals surface area contributed by atoms with E-state index in [2.05, 4.69) is 28.2 Å². The van der Waals surface area contributed by atoms with Gasteiger partial charge in [0.1, 0.15) is 17.4 Å². The van der Waals surface area contributed by atoms with E-state index in [9.17, 15) is 9.59 Å². The van der Waals surface area contributed by atoms with Gasteiger partial charge in [0.05, 0.1) is 17.4 Å².